The first kappa shape index (κ1) is 13.6. The van der Waals surface area contributed by atoms with Gasteiger partial charge in [-0.3, -0.25) is 4.68 Å². The third-order valence-corrected chi connectivity index (χ3v) is 4.03. The molecule has 1 N–H and O–H groups in total. The molecule has 1 heterocycles. The summed E-state index contributed by atoms with van der Waals surface area (Å²) in [6.07, 6.45) is 5.42. The summed E-state index contributed by atoms with van der Waals surface area (Å²) in [5, 5.41) is 12.6. The molecule has 106 valence electrons. The van der Waals surface area contributed by atoms with Crippen molar-refractivity contribution in [3.05, 3.63) is 46.7 Å². The fourth-order valence-electron chi connectivity index (χ4n) is 2.44. The highest BCUT2D eigenvalue weighted by atomic mass is 35.5. The van der Waals surface area contributed by atoms with Gasteiger partial charge in [-0.15, -0.1) is 5.10 Å². The van der Waals surface area contributed by atoms with Crippen LogP contribution >= 0.6 is 11.6 Å². The third kappa shape index (κ3) is 3.38. The molecule has 0 saturated heterocycles. The number of halogens is 1. The van der Waals surface area contributed by atoms with Crippen LogP contribution < -0.4 is 5.32 Å². The van der Waals surface area contributed by atoms with E-state index in [4.69, 9.17) is 11.6 Å². The number of nitrogens with one attached hydrogen (secondary N) is 1. The molecule has 5 heteroatoms. The molecule has 1 fully saturated rings. The maximum Gasteiger partial charge on any atom is 0.0833 e. The highest BCUT2D eigenvalue weighted by Crippen LogP contribution is 2.28. The minimum absolute atomic E-state index is 0.334. The molecule has 1 unspecified atom stereocenters. The van der Waals surface area contributed by atoms with Crippen LogP contribution in [0.2, 0.25) is 5.02 Å². The van der Waals surface area contributed by atoms with Gasteiger partial charge in [0.15, 0.2) is 0 Å². The van der Waals surface area contributed by atoms with Crippen molar-refractivity contribution >= 4 is 11.6 Å². The van der Waals surface area contributed by atoms with Gasteiger partial charge in [0.05, 0.1) is 5.69 Å². The van der Waals surface area contributed by atoms with Crippen LogP contribution in [-0.2, 0) is 13.5 Å². The summed E-state index contributed by atoms with van der Waals surface area (Å²) in [4.78, 5) is 0. The lowest BCUT2D eigenvalue weighted by Gasteiger charge is -2.18. The van der Waals surface area contributed by atoms with Gasteiger partial charge in [-0.1, -0.05) is 35.0 Å². The monoisotopic (exact) mass is 290 g/mol. The molecule has 1 aliphatic carbocycles. The molecule has 0 amide bonds. The molecule has 1 saturated carbocycles. The average molecular weight is 291 g/mol. The number of aryl methyl sites for hydroxylation is 1. The maximum absolute atomic E-state index is 6.35. The molecule has 2 aromatic rings. The smallest absolute Gasteiger partial charge is 0.0833 e. The highest BCUT2D eigenvalue weighted by Gasteiger charge is 2.24. The summed E-state index contributed by atoms with van der Waals surface area (Å²) in [5.74, 6) is 0.334. The summed E-state index contributed by atoms with van der Waals surface area (Å²) >= 11 is 6.35. The van der Waals surface area contributed by atoms with Crippen LogP contribution in [0.4, 0.5) is 0 Å². The summed E-state index contributed by atoms with van der Waals surface area (Å²) in [6.45, 7) is 0.935. The van der Waals surface area contributed by atoms with E-state index in [9.17, 15) is 0 Å². The zero-order chi connectivity index (χ0) is 13.9. The molecule has 1 aromatic carbocycles. The molecule has 0 bridgehead atoms. The van der Waals surface area contributed by atoms with Crippen LogP contribution in [0.3, 0.4) is 0 Å². The van der Waals surface area contributed by atoms with Gasteiger partial charge in [-0.05, 0) is 24.5 Å². The van der Waals surface area contributed by atoms with Gasteiger partial charge in [0.1, 0.15) is 0 Å². The number of hydrogen-bond donors (Lipinski definition) is 1. The lowest BCUT2D eigenvalue weighted by Crippen LogP contribution is -2.25. The van der Waals surface area contributed by atoms with Gasteiger partial charge in [0.25, 0.3) is 0 Å². The lowest BCUT2D eigenvalue weighted by atomic mass is 9.94. The van der Waals surface area contributed by atoms with Gasteiger partial charge < -0.3 is 5.32 Å². The Hall–Kier alpha value is -1.39. The van der Waals surface area contributed by atoms with Gasteiger partial charge >= 0.3 is 0 Å². The van der Waals surface area contributed by atoms with Crippen LogP contribution in [0.5, 0.6) is 0 Å². The van der Waals surface area contributed by atoms with Crippen molar-refractivity contribution < 1.29 is 0 Å². The maximum atomic E-state index is 6.35. The van der Waals surface area contributed by atoms with Crippen molar-refractivity contribution in [3.63, 3.8) is 0 Å². The molecule has 1 aromatic heterocycles. The Labute approximate surface area is 124 Å². The Balaban J connectivity index is 1.77. The minimum Gasteiger partial charge on any atom is -0.313 e. The Bertz CT molecular complexity index is 577. The molecule has 1 atom stereocenters. The van der Waals surface area contributed by atoms with E-state index in [1.165, 1.54) is 18.4 Å². The molecule has 3 rings (SSSR count). The molecule has 0 radical (unpaired) electrons. The van der Waals surface area contributed by atoms with Crippen molar-refractivity contribution in [3.8, 4) is 0 Å². The van der Waals surface area contributed by atoms with Crippen molar-refractivity contribution in [2.45, 2.75) is 31.2 Å². The van der Waals surface area contributed by atoms with Gasteiger partial charge in [-0.25, -0.2) is 0 Å². The van der Waals surface area contributed by atoms with E-state index in [-0.39, 0.29) is 0 Å². The summed E-state index contributed by atoms with van der Waals surface area (Å²) in [6, 6.07) is 8.78. The predicted octanol–water partition coefficient (Wildman–Crippen LogP) is 2.55. The van der Waals surface area contributed by atoms with E-state index < -0.39 is 0 Å². The van der Waals surface area contributed by atoms with Crippen LogP contribution in [-0.4, -0.2) is 27.6 Å². The molecular weight excluding hydrogens is 272 g/mol. The third-order valence-electron chi connectivity index (χ3n) is 3.68. The summed E-state index contributed by atoms with van der Waals surface area (Å²) in [5.41, 5.74) is 2.20. The van der Waals surface area contributed by atoms with E-state index in [1.54, 1.807) is 4.68 Å². The zero-order valence-corrected chi connectivity index (χ0v) is 12.3. The largest absolute Gasteiger partial charge is 0.313 e. The molecule has 0 spiro atoms. The second-order valence-electron chi connectivity index (χ2n) is 5.49. The quantitative estimate of drug-likeness (QED) is 0.889. The topological polar surface area (TPSA) is 42.7 Å². The van der Waals surface area contributed by atoms with Crippen molar-refractivity contribution in [1.82, 2.24) is 20.3 Å². The number of aromatic nitrogens is 3. The summed E-state index contributed by atoms with van der Waals surface area (Å²) < 4.78 is 1.74. The average Bonchev–Trinajstić information content (AvgIpc) is 3.18. The first-order valence-electron chi connectivity index (χ1n) is 7.05. The van der Waals surface area contributed by atoms with Gasteiger partial charge in [0.2, 0.25) is 0 Å². The zero-order valence-electron chi connectivity index (χ0n) is 11.6. The molecule has 4 nitrogen and oxygen atoms in total. The van der Waals surface area contributed by atoms with E-state index in [2.05, 4.69) is 21.7 Å². The van der Waals surface area contributed by atoms with Crippen LogP contribution in [0.15, 0.2) is 30.5 Å². The second kappa shape index (κ2) is 5.94. The molecular formula is C15H19ClN4. The molecule has 0 aliphatic heterocycles. The Morgan fingerprint density at radius 3 is 2.85 bits per heavy atom. The van der Waals surface area contributed by atoms with Gasteiger partial charge in [-0.2, -0.15) is 0 Å². The Morgan fingerprint density at radius 1 is 1.40 bits per heavy atom. The molecule has 1 aliphatic rings. The van der Waals surface area contributed by atoms with Crippen molar-refractivity contribution in [2.75, 3.05) is 6.54 Å². The first-order chi connectivity index (χ1) is 9.72. The number of nitrogens with zero attached hydrogens (tertiary/aromatic N) is 3. The van der Waals surface area contributed by atoms with Crippen molar-refractivity contribution in [1.29, 1.82) is 0 Å². The van der Waals surface area contributed by atoms with Gasteiger partial charge in [0, 0.05) is 43.2 Å². The Morgan fingerprint density at radius 2 is 2.20 bits per heavy atom. The number of rotatable bonds is 6. The van der Waals surface area contributed by atoms with Crippen LogP contribution in [0.25, 0.3) is 0 Å². The van der Waals surface area contributed by atoms with E-state index >= 15 is 0 Å². The van der Waals surface area contributed by atoms with Crippen molar-refractivity contribution in [2.24, 2.45) is 7.05 Å². The first-order valence-corrected chi connectivity index (χ1v) is 7.43. The van der Waals surface area contributed by atoms with E-state index in [0.29, 0.717) is 12.0 Å². The van der Waals surface area contributed by atoms with Crippen LogP contribution in [0.1, 0.15) is 30.0 Å². The minimum atomic E-state index is 0.334. The fraction of sp³-hybridized carbons (Fsp3) is 0.467. The predicted molar refractivity (Wildman–Crippen MR) is 79.9 cm³/mol. The SMILES string of the molecule is Cn1cc(CC(CNC2CC2)c2ccccc2Cl)nn1. The highest BCUT2D eigenvalue weighted by molar-refractivity contribution is 6.31. The standard InChI is InChI=1S/C15H19ClN4/c1-20-10-13(18-19-20)8-11(9-17-12-6-7-12)14-4-2-3-5-15(14)16/h2-5,10-12,17H,6-9H2,1H3. The second-order valence-corrected chi connectivity index (χ2v) is 5.90. The van der Waals surface area contributed by atoms with E-state index in [1.807, 2.05) is 31.4 Å². The van der Waals surface area contributed by atoms with Crippen LogP contribution in [0, 0.1) is 0 Å². The number of benzene rings is 1. The van der Waals surface area contributed by atoms with E-state index in [0.717, 1.165) is 23.7 Å². The molecule has 20 heavy (non-hydrogen) atoms. The summed E-state index contributed by atoms with van der Waals surface area (Å²) in [7, 11) is 1.89. The fourth-order valence-corrected chi connectivity index (χ4v) is 2.73. The number of hydrogen-bond acceptors (Lipinski definition) is 3. The lowest BCUT2D eigenvalue weighted by molar-refractivity contribution is 0.572. The Kier molecular flexibility index (Phi) is 4.03. The normalized spacial score (nSPS) is 16.3.